The summed E-state index contributed by atoms with van der Waals surface area (Å²) in [5.41, 5.74) is 0.282. The Morgan fingerprint density at radius 2 is 2.19 bits per heavy atom. The van der Waals surface area contributed by atoms with Crippen molar-refractivity contribution >= 4 is 29.2 Å². The van der Waals surface area contributed by atoms with Gasteiger partial charge in [-0.25, -0.2) is 13.9 Å². The fourth-order valence-electron chi connectivity index (χ4n) is 1.62. The molecule has 2 rings (SSSR count). The Hall–Kier alpha value is -2.48. The molecule has 2 aromatic rings. The Labute approximate surface area is 123 Å². The molecule has 0 aliphatic rings. The van der Waals surface area contributed by atoms with Crippen molar-refractivity contribution in [3.8, 4) is 0 Å². The number of nitrogens with zero attached hydrogens (tertiary/aromatic N) is 3. The van der Waals surface area contributed by atoms with Crippen LogP contribution in [0, 0.1) is 12.7 Å². The molecular formula is C12H10ClFN4O3. The highest BCUT2D eigenvalue weighted by Gasteiger charge is 2.17. The lowest BCUT2D eigenvalue weighted by Gasteiger charge is -2.07. The Kier molecular flexibility index (Phi) is 4.18. The van der Waals surface area contributed by atoms with Gasteiger partial charge in [0.05, 0.1) is 16.4 Å². The normalized spacial score (nSPS) is 10.4. The number of carboxylic acids is 1. The molecule has 7 nitrogen and oxygen atoms in total. The van der Waals surface area contributed by atoms with Crippen LogP contribution in [0.1, 0.15) is 16.2 Å². The number of halogens is 2. The summed E-state index contributed by atoms with van der Waals surface area (Å²) >= 11 is 5.79. The van der Waals surface area contributed by atoms with E-state index in [2.05, 4.69) is 15.6 Å². The summed E-state index contributed by atoms with van der Waals surface area (Å²) in [5, 5.41) is 18.4. The van der Waals surface area contributed by atoms with Crippen LogP contribution in [0.15, 0.2) is 18.2 Å². The van der Waals surface area contributed by atoms with Gasteiger partial charge in [-0.3, -0.25) is 4.79 Å². The smallest absolute Gasteiger partial charge is 0.358 e. The fourth-order valence-corrected chi connectivity index (χ4v) is 1.84. The van der Waals surface area contributed by atoms with Gasteiger partial charge >= 0.3 is 5.97 Å². The van der Waals surface area contributed by atoms with Crippen LogP contribution in [-0.2, 0) is 11.3 Å². The maximum Gasteiger partial charge on any atom is 0.358 e. The molecule has 2 N–H and O–H groups in total. The molecule has 0 aliphatic carbocycles. The Morgan fingerprint density at radius 1 is 1.48 bits per heavy atom. The second-order valence-electron chi connectivity index (χ2n) is 4.16. The van der Waals surface area contributed by atoms with Crippen LogP contribution in [0.25, 0.3) is 0 Å². The minimum Gasteiger partial charge on any atom is -0.476 e. The molecule has 9 heteroatoms. The minimum absolute atomic E-state index is 0.0601. The molecular weight excluding hydrogens is 303 g/mol. The molecule has 1 amide bonds. The molecule has 0 saturated heterocycles. The minimum atomic E-state index is -1.22. The van der Waals surface area contributed by atoms with Crippen LogP contribution in [0.5, 0.6) is 0 Å². The van der Waals surface area contributed by atoms with Gasteiger partial charge < -0.3 is 10.4 Å². The Balaban J connectivity index is 2.10. The van der Waals surface area contributed by atoms with Crippen molar-refractivity contribution in [2.75, 3.05) is 5.32 Å². The van der Waals surface area contributed by atoms with Crippen LogP contribution in [0.4, 0.5) is 10.1 Å². The highest BCUT2D eigenvalue weighted by molar-refractivity contribution is 6.33. The number of aromatic carboxylic acids is 1. The highest BCUT2D eigenvalue weighted by atomic mass is 35.5. The summed E-state index contributed by atoms with van der Waals surface area (Å²) in [4.78, 5) is 22.7. The van der Waals surface area contributed by atoms with Crippen molar-refractivity contribution in [1.29, 1.82) is 0 Å². The molecule has 0 bridgehead atoms. The molecule has 1 aromatic carbocycles. The molecule has 0 radical (unpaired) electrons. The average molecular weight is 313 g/mol. The van der Waals surface area contributed by atoms with E-state index in [1.807, 2.05) is 0 Å². The first kappa shape index (κ1) is 14.9. The number of carbonyl (C=O) groups excluding carboxylic acids is 1. The van der Waals surface area contributed by atoms with Crippen LogP contribution in [0.2, 0.25) is 5.02 Å². The van der Waals surface area contributed by atoms with E-state index >= 15 is 0 Å². The number of carboxylic acid groups (broad SMARTS) is 1. The maximum atomic E-state index is 12.9. The number of nitrogens with one attached hydrogen (secondary N) is 1. The lowest BCUT2D eigenvalue weighted by atomic mass is 10.3. The van der Waals surface area contributed by atoms with Crippen molar-refractivity contribution in [2.24, 2.45) is 0 Å². The predicted molar refractivity (Wildman–Crippen MR) is 71.8 cm³/mol. The SMILES string of the molecule is Cc1c(C(=O)O)nnn1CC(=O)Nc1ccc(F)cc1Cl. The zero-order chi connectivity index (χ0) is 15.6. The highest BCUT2D eigenvalue weighted by Crippen LogP contribution is 2.22. The molecule has 0 spiro atoms. The predicted octanol–water partition coefficient (Wildman–Crippen LogP) is 1.72. The van der Waals surface area contributed by atoms with E-state index in [-0.39, 0.29) is 28.6 Å². The van der Waals surface area contributed by atoms with Crippen LogP contribution >= 0.6 is 11.6 Å². The zero-order valence-electron chi connectivity index (χ0n) is 10.8. The van der Waals surface area contributed by atoms with E-state index in [1.165, 1.54) is 13.0 Å². The number of anilines is 1. The summed E-state index contributed by atoms with van der Waals surface area (Å²) in [6.07, 6.45) is 0. The number of hydrogen-bond donors (Lipinski definition) is 2. The first-order valence-corrected chi connectivity index (χ1v) is 6.14. The monoisotopic (exact) mass is 312 g/mol. The van der Waals surface area contributed by atoms with Gasteiger partial charge in [0.1, 0.15) is 12.4 Å². The van der Waals surface area contributed by atoms with E-state index in [0.29, 0.717) is 0 Å². The van der Waals surface area contributed by atoms with Crippen molar-refractivity contribution in [1.82, 2.24) is 15.0 Å². The average Bonchev–Trinajstić information content (AvgIpc) is 2.74. The number of hydrogen-bond acceptors (Lipinski definition) is 4. The summed E-state index contributed by atoms with van der Waals surface area (Å²) in [5.74, 6) is -2.23. The topological polar surface area (TPSA) is 97.1 Å². The third-order valence-corrected chi connectivity index (χ3v) is 3.00. The second kappa shape index (κ2) is 5.88. The molecule has 0 aliphatic heterocycles. The lowest BCUT2D eigenvalue weighted by molar-refractivity contribution is -0.117. The number of rotatable bonds is 4. The van der Waals surface area contributed by atoms with Gasteiger partial charge in [-0.15, -0.1) is 5.10 Å². The van der Waals surface area contributed by atoms with E-state index in [4.69, 9.17) is 16.7 Å². The molecule has 0 atom stereocenters. The van der Waals surface area contributed by atoms with Crippen LogP contribution in [-0.4, -0.2) is 32.0 Å². The van der Waals surface area contributed by atoms with Gasteiger partial charge in [0.15, 0.2) is 5.69 Å². The Bertz CT molecular complexity index is 717. The molecule has 110 valence electrons. The lowest BCUT2D eigenvalue weighted by Crippen LogP contribution is -2.20. The maximum absolute atomic E-state index is 12.9. The third kappa shape index (κ3) is 3.34. The number of carbonyl (C=O) groups is 2. The second-order valence-corrected chi connectivity index (χ2v) is 4.57. The summed E-state index contributed by atoms with van der Waals surface area (Å²) in [6.45, 7) is 1.25. The quantitative estimate of drug-likeness (QED) is 0.896. The summed E-state index contributed by atoms with van der Waals surface area (Å²) < 4.78 is 14.0. The number of aromatic nitrogens is 3. The first-order chi connectivity index (χ1) is 9.88. The van der Waals surface area contributed by atoms with Crippen LogP contribution in [0.3, 0.4) is 0 Å². The van der Waals surface area contributed by atoms with Crippen molar-refractivity contribution < 1.29 is 19.1 Å². The van der Waals surface area contributed by atoms with Crippen molar-refractivity contribution in [3.63, 3.8) is 0 Å². The third-order valence-electron chi connectivity index (χ3n) is 2.68. The van der Waals surface area contributed by atoms with Crippen molar-refractivity contribution in [2.45, 2.75) is 13.5 Å². The number of benzene rings is 1. The Morgan fingerprint density at radius 3 is 2.76 bits per heavy atom. The van der Waals surface area contributed by atoms with E-state index in [1.54, 1.807) is 0 Å². The summed E-state index contributed by atoms with van der Waals surface area (Å²) in [6, 6.07) is 3.55. The molecule has 1 heterocycles. The van der Waals surface area contributed by atoms with Crippen LogP contribution < -0.4 is 5.32 Å². The molecule has 0 saturated carbocycles. The van der Waals surface area contributed by atoms with E-state index in [9.17, 15) is 14.0 Å². The standard InChI is InChI=1S/C12H10ClFN4O3/c1-6-11(12(20)21)16-17-18(6)5-10(19)15-9-3-2-7(14)4-8(9)13/h2-4H,5H2,1H3,(H,15,19)(H,20,21). The van der Waals surface area contributed by atoms with Gasteiger partial charge in [0.2, 0.25) is 5.91 Å². The van der Waals surface area contributed by atoms with E-state index < -0.39 is 17.7 Å². The molecule has 21 heavy (non-hydrogen) atoms. The fraction of sp³-hybridized carbons (Fsp3) is 0.167. The molecule has 0 fully saturated rings. The van der Waals surface area contributed by atoms with Gasteiger partial charge in [-0.2, -0.15) is 0 Å². The zero-order valence-corrected chi connectivity index (χ0v) is 11.6. The molecule has 0 unspecified atom stereocenters. The first-order valence-electron chi connectivity index (χ1n) is 5.76. The van der Waals surface area contributed by atoms with Crippen molar-refractivity contribution in [3.05, 3.63) is 40.4 Å². The largest absolute Gasteiger partial charge is 0.476 e. The van der Waals surface area contributed by atoms with Gasteiger partial charge in [0, 0.05) is 0 Å². The summed E-state index contributed by atoms with van der Waals surface area (Å²) in [7, 11) is 0. The van der Waals surface area contributed by atoms with E-state index in [0.717, 1.165) is 16.8 Å². The van der Waals surface area contributed by atoms with Gasteiger partial charge in [0.25, 0.3) is 0 Å². The van der Waals surface area contributed by atoms with Gasteiger partial charge in [-0.1, -0.05) is 16.8 Å². The number of amides is 1. The molecule has 1 aromatic heterocycles. The van der Waals surface area contributed by atoms with Gasteiger partial charge in [-0.05, 0) is 25.1 Å².